The molecule has 2 saturated carbocycles. The van der Waals surface area contributed by atoms with Crippen LogP contribution in [0, 0.1) is 0 Å². The van der Waals surface area contributed by atoms with Crippen LogP contribution in [0.25, 0.3) is 0 Å². The predicted molar refractivity (Wildman–Crippen MR) is 116 cm³/mol. The number of nitrogens with zero attached hydrogens (tertiary/aromatic N) is 2. The zero-order valence-electron chi connectivity index (χ0n) is 18.3. The second kappa shape index (κ2) is 7.90. The van der Waals surface area contributed by atoms with Gasteiger partial charge in [-0.15, -0.1) is 0 Å². The highest BCUT2D eigenvalue weighted by molar-refractivity contribution is 6.07. The van der Waals surface area contributed by atoms with Crippen LogP contribution in [0.2, 0.25) is 0 Å². The van der Waals surface area contributed by atoms with E-state index in [-0.39, 0.29) is 37.0 Å². The van der Waals surface area contributed by atoms with E-state index in [4.69, 9.17) is 0 Å². The van der Waals surface area contributed by atoms with E-state index in [0.29, 0.717) is 25.7 Å². The molecule has 2 spiro atoms. The van der Waals surface area contributed by atoms with E-state index in [2.05, 4.69) is 10.6 Å². The quantitative estimate of drug-likeness (QED) is 0.705. The Morgan fingerprint density at radius 1 is 0.594 bits per heavy atom. The first-order valence-corrected chi connectivity index (χ1v) is 11.8. The van der Waals surface area contributed by atoms with Crippen LogP contribution in [-0.4, -0.2) is 44.8 Å². The highest BCUT2D eigenvalue weighted by Gasteiger charge is 2.52. The Balaban J connectivity index is 1.24. The number of carbonyl (C=O) groups excluding carboxylic acids is 4. The van der Waals surface area contributed by atoms with Crippen LogP contribution in [0.1, 0.15) is 75.3 Å². The summed E-state index contributed by atoms with van der Waals surface area (Å²) < 4.78 is 0. The highest BCUT2D eigenvalue weighted by Crippen LogP contribution is 2.35. The Morgan fingerprint density at radius 2 is 0.938 bits per heavy atom. The average molecular weight is 439 g/mol. The molecule has 0 atom stereocenters. The van der Waals surface area contributed by atoms with Crippen molar-refractivity contribution in [3.63, 3.8) is 0 Å². The first kappa shape index (κ1) is 21.0. The Labute approximate surface area is 187 Å². The van der Waals surface area contributed by atoms with Crippen LogP contribution < -0.4 is 10.6 Å². The third-order valence-corrected chi connectivity index (χ3v) is 7.61. The molecule has 0 aromatic heterocycles. The Morgan fingerprint density at radius 3 is 1.28 bits per heavy atom. The largest absolute Gasteiger partial charge is 0.325 e. The van der Waals surface area contributed by atoms with Crippen molar-refractivity contribution in [3.8, 4) is 0 Å². The van der Waals surface area contributed by atoms with Gasteiger partial charge in [0.1, 0.15) is 11.1 Å². The number of benzene rings is 1. The van der Waals surface area contributed by atoms with Crippen LogP contribution in [0.3, 0.4) is 0 Å². The summed E-state index contributed by atoms with van der Waals surface area (Å²) in [6.45, 7) is 0.442. The van der Waals surface area contributed by atoms with Gasteiger partial charge in [0.15, 0.2) is 0 Å². The lowest BCUT2D eigenvalue weighted by molar-refractivity contribution is -0.133. The van der Waals surface area contributed by atoms with Crippen molar-refractivity contribution in [3.05, 3.63) is 35.4 Å². The first-order chi connectivity index (χ1) is 15.4. The maximum absolute atomic E-state index is 13.0. The SMILES string of the molecule is O=C1NC2(CCCCC2)C(=O)N1Cc1ccc(CN2C(=O)NC3(CCCCC3)C2=O)cc1. The third kappa shape index (κ3) is 3.45. The van der Waals surface area contributed by atoms with Crippen LogP contribution in [-0.2, 0) is 22.7 Å². The van der Waals surface area contributed by atoms with Crippen LogP contribution in [0.5, 0.6) is 0 Å². The molecule has 8 nitrogen and oxygen atoms in total. The lowest BCUT2D eigenvalue weighted by atomic mass is 9.81. The van der Waals surface area contributed by atoms with Gasteiger partial charge in [0.25, 0.3) is 11.8 Å². The van der Waals surface area contributed by atoms with E-state index in [9.17, 15) is 19.2 Å². The van der Waals surface area contributed by atoms with Crippen molar-refractivity contribution >= 4 is 23.9 Å². The average Bonchev–Trinajstić information content (AvgIpc) is 3.15. The molecule has 2 aliphatic heterocycles. The van der Waals surface area contributed by atoms with Crippen LogP contribution in [0.15, 0.2) is 24.3 Å². The van der Waals surface area contributed by atoms with Gasteiger partial charge < -0.3 is 10.6 Å². The molecule has 2 saturated heterocycles. The maximum Gasteiger partial charge on any atom is 0.325 e. The molecule has 0 bridgehead atoms. The molecule has 32 heavy (non-hydrogen) atoms. The van der Waals surface area contributed by atoms with Crippen molar-refractivity contribution in [2.24, 2.45) is 0 Å². The number of rotatable bonds is 4. The number of hydrogen-bond acceptors (Lipinski definition) is 4. The summed E-state index contributed by atoms with van der Waals surface area (Å²) in [6, 6.07) is 6.79. The summed E-state index contributed by atoms with van der Waals surface area (Å²) in [5, 5.41) is 5.87. The smallest absolute Gasteiger partial charge is 0.323 e. The van der Waals surface area contributed by atoms with Gasteiger partial charge in [0.05, 0.1) is 13.1 Å². The standard InChI is InChI=1S/C24H30N4O4/c29-19-23(11-3-1-4-12-23)25-21(31)27(19)15-17-7-9-18(10-8-17)16-28-20(30)24(26-22(28)32)13-5-2-6-14-24/h7-10H,1-6,11-16H2,(H,25,31)(H,26,32). The van der Waals surface area contributed by atoms with Crippen molar-refractivity contribution in [1.29, 1.82) is 0 Å². The van der Waals surface area contributed by atoms with Crippen molar-refractivity contribution in [2.45, 2.75) is 88.4 Å². The monoisotopic (exact) mass is 438 g/mol. The number of urea groups is 2. The molecular formula is C24H30N4O4. The van der Waals surface area contributed by atoms with Gasteiger partial charge in [-0.25, -0.2) is 9.59 Å². The van der Waals surface area contributed by atoms with Gasteiger partial charge in [-0.05, 0) is 36.8 Å². The zero-order valence-corrected chi connectivity index (χ0v) is 18.3. The summed E-state index contributed by atoms with van der Waals surface area (Å²) in [5.41, 5.74) is 0.249. The number of hydrogen-bond donors (Lipinski definition) is 2. The predicted octanol–water partition coefficient (Wildman–Crippen LogP) is 3.20. The van der Waals surface area contributed by atoms with Crippen molar-refractivity contribution in [2.75, 3.05) is 0 Å². The normalized spacial score (nSPS) is 24.4. The molecule has 2 aliphatic carbocycles. The van der Waals surface area contributed by atoms with Gasteiger partial charge in [-0.3, -0.25) is 19.4 Å². The molecule has 0 radical (unpaired) electrons. The minimum absolute atomic E-state index is 0.122. The van der Waals surface area contributed by atoms with Crippen molar-refractivity contribution in [1.82, 2.24) is 20.4 Å². The van der Waals surface area contributed by atoms with E-state index >= 15 is 0 Å². The van der Waals surface area contributed by atoms with E-state index < -0.39 is 11.1 Å². The fourth-order valence-corrected chi connectivity index (χ4v) is 5.74. The van der Waals surface area contributed by atoms with Crippen molar-refractivity contribution < 1.29 is 19.2 Å². The minimum atomic E-state index is -0.714. The summed E-state index contributed by atoms with van der Waals surface area (Å²) in [7, 11) is 0. The third-order valence-electron chi connectivity index (χ3n) is 7.61. The number of amides is 6. The molecule has 6 amide bonds. The van der Waals surface area contributed by atoms with E-state index in [1.54, 1.807) is 0 Å². The Bertz CT molecular complexity index is 868. The summed E-state index contributed by atoms with van der Waals surface area (Å²) in [4.78, 5) is 53.5. The number of carbonyl (C=O) groups is 4. The fraction of sp³-hybridized carbons (Fsp3) is 0.583. The first-order valence-electron chi connectivity index (χ1n) is 11.8. The lowest BCUT2D eigenvalue weighted by Gasteiger charge is -2.30. The molecule has 4 fully saturated rings. The second-order valence-electron chi connectivity index (χ2n) is 9.74. The summed E-state index contributed by atoms with van der Waals surface area (Å²) >= 11 is 0. The van der Waals surface area contributed by atoms with Gasteiger partial charge in [0.2, 0.25) is 0 Å². The second-order valence-corrected chi connectivity index (χ2v) is 9.74. The maximum atomic E-state index is 13.0. The molecule has 1 aromatic rings. The molecule has 2 N–H and O–H groups in total. The molecule has 0 unspecified atom stereocenters. The molecular weight excluding hydrogens is 408 g/mol. The molecule has 170 valence electrons. The minimum Gasteiger partial charge on any atom is -0.323 e. The van der Waals surface area contributed by atoms with Crippen LogP contribution in [0.4, 0.5) is 9.59 Å². The molecule has 2 heterocycles. The number of imide groups is 2. The van der Waals surface area contributed by atoms with Gasteiger partial charge in [0, 0.05) is 0 Å². The number of nitrogens with one attached hydrogen (secondary N) is 2. The van der Waals surface area contributed by atoms with E-state index in [0.717, 1.165) is 49.7 Å². The van der Waals surface area contributed by atoms with Gasteiger partial charge >= 0.3 is 12.1 Å². The summed E-state index contributed by atoms with van der Waals surface area (Å²) in [5.74, 6) is -0.244. The molecule has 5 rings (SSSR count). The summed E-state index contributed by atoms with van der Waals surface area (Å²) in [6.07, 6.45) is 8.87. The van der Waals surface area contributed by atoms with Crippen LogP contribution >= 0.6 is 0 Å². The molecule has 8 heteroatoms. The van der Waals surface area contributed by atoms with Gasteiger partial charge in [-0.2, -0.15) is 0 Å². The lowest BCUT2D eigenvalue weighted by Crippen LogP contribution is -2.48. The van der Waals surface area contributed by atoms with E-state index in [1.807, 2.05) is 24.3 Å². The van der Waals surface area contributed by atoms with E-state index in [1.165, 1.54) is 9.80 Å². The molecule has 4 aliphatic rings. The van der Waals surface area contributed by atoms with Gasteiger partial charge in [-0.1, -0.05) is 62.8 Å². The topological polar surface area (TPSA) is 98.8 Å². The molecule has 1 aromatic carbocycles. The Hall–Kier alpha value is -2.90. The Kier molecular flexibility index (Phi) is 5.18. The zero-order chi connectivity index (χ0) is 22.3. The fourth-order valence-electron chi connectivity index (χ4n) is 5.74. The highest BCUT2D eigenvalue weighted by atomic mass is 16.2.